The van der Waals surface area contributed by atoms with E-state index >= 15 is 0 Å². The van der Waals surface area contributed by atoms with E-state index in [1.54, 1.807) is 11.3 Å². The molecule has 0 N–H and O–H groups in total. The molecule has 0 saturated heterocycles. The molecule has 0 amide bonds. The van der Waals surface area contributed by atoms with Crippen LogP contribution in [0.4, 0.5) is 0 Å². The van der Waals surface area contributed by atoms with Gasteiger partial charge in [0, 0.05) is 11.6 Å². The number of rotatable bonds is 4. The SMILES string of the molecule is c1ccc(COc2ccccc2-c2nccs2)cc1. The Morgan fingerprint density at radius 2 is 1.74 bits per heavy atom. The quantitative estimate of drug-likeness (QED) is 0.699. The number of hydrogen-bond acceptors (Lipinski definition) is 3. The van der Waals surface area contributed by atoms with Crippen molar-refractivity contribution in [3.05, 3.63) is 71.7 Å². The summed E-state index contributed by atoms with van der Waals surface area (Å²) in [7, 11) is 0. The minimum atomic E-state index is 0.573. The van der Waals surface area contributed by atoms with Gasteiger partial charge in [-0.3, -0.25) is 0 Å². The van der Waals surface area contributed by atoms with Gasteiger partial charge in [-0.15, -0.1) is 11.3 Å². The molecular weight excluding hydrogens is 254 g/mol. The van der Waals surface area contributed by atoms with Crippen LogP contribution in [0.3, 0.4) is 0 Å². The predicted octanol–water partition coefficient (Wildman–Crippen LogP) is 4.39. The maximum Gasteiger partial charge on any atom is 0.130 e. The summed E-state index contributed by atoms with van der Waals surface area (Å²) in [5.74, 6) is 0.876. The topological polar surface area (TPSA) is 22.1 Å². The van der Waals surface area contributed by atoms with Crippen LogP contribution in [0.5, 0.6) is 5.75 Å². The van der Waals surface area contributed by atoms with Crippen LogP contribution < -0.4 is 4.74 Å². The molecule has 0 radical (unpaired) electrons. The second kappa shape index (κ2) is 5.67. The van der Waals surface area contributed by atoms with Gasteiger partial charge < -0.3 is 4.74 Å². The zero-order valence-electron chi connectivity index (χ0n) is 10.3. The summed E-state index contributed by atoms with van der Waals surface area (Å²) in [6, 6.07) is 18.2. The van der Waals surface area contributed by atoms with Gasteiger partial charge in [0.1, 0.15) is 17.4 Å². The molecule has 2 aromatic carbocycles. The molecule has 94 valence electrons. The zero-order chi connectivity index (χ0) is 12.9. The first-order valence-electron chi connectivity index (χ1n) is 6.09. The van der Waals surface area contributed by atoms with E-state index in [1.807, 2.05) is 54.0 Å². The van der Waals surface area contributed by atoms with Crippen molar-refractivity contribution in [1.29, 1.82) is 0 Å². The maximum atomic E-state index is 5.91. The Morgan fingerprint density at radius 1 is 0.947 bits per heavy atom. The van der Waals surface area contributed by atoms with Crippen LogP contribution in [0.15, 0.2) is 66.2 Å². The fraction of sp³-hybridized carbons (Fsp3) is 0.0625. The van der Waals surface area contributed by atoms with Crippen molar-refractivity contribution in [3.8, 4) is 16.3 Å². The molecule has 19 heavy (non-hydrogen) atoms. The van der Waals surface area contributed by atoms with E-state index in [9.17, 15) is 0 Å². The second-order valence-corrected chi connectivity index (χ2v) is 5.00. The summed E-state index contributed by atoms with van der Waals surface area (Å²) < 4.78 is 5.91. The number of nitrogens with zero attached hydrogens (tertiary/aromatic N) is 1. The lowest BCUT2D eigenvalue weighted by atomic mass is 10.2. The second-order valence-electron chi connectivity index (χ2n) is 4.11. The molecule has 0 saturated carbocycles. The van der Waals surface area contributed by atoms with Crippen molar-refractivity contribution in [2.45, 2.75) is 6.61 Å². The summed E-state index contributed by atoms with van der Waals surface area (Å²) in [5, 5.41) is 2.97. The van der Waals surface area contributed by atoms with Gasteiger partial charge in [-0.25, -0.2) is 4.98 Å². The van der Waals surface area contributed by atoms with E-state index in [0.717, 1.165) is 21.9 Å². The van der Waals surface area contributed by atoms with Crippen LogP contribution in [0, 0.1) is 0 Å². The van der Waals surface area contributed by atoms with Crippen molar-refractivity contribution >= 4 is 11.3 Å². The first-order chi connectivity index (χ1) is 9.43. The molecule has 0 aliphatic heterocycles. The molecule has 2 nitrogen and oxygen atoms in total. The third-order valence-electron chi connectivity index (χ3n) is 2.79. The van der Waals surface area contributed by atoms with E-state index < -0.39 is 0 Å². The number of benzene rings is 2. The highest BCUT2D eigenvalue weighted by atomic mass is 32.1. The minimum Gasteiger partial charge on any atom is -0.488 e. The lowest BCUT2D eigenvalue weighted by Gasteiger charge is -2.09. The first-order valence-corrected chi connectivity index (χ1v) is 6.97. The number of para-hydroxylation sites is 1. The summed E-state index contributed by atoms with van der Waals surface area (Å²) in [6.45, 7) is 0.573. The van der Waals surface area contributed by atoms with Crippen LogP contribution in [0.2, 0.25) is 0 Å². The lowest BCUT2D eigenvalue weighted by Crippen LogP contribution is -1.96. The Hall–Kier alpha value is -2.13. The smallest absolute Gasteiger partial charge is 0.130 e. The molecular formula is C16H13NOS. The van der Waals surface area contributed by atoms with Gasteiger partial charge >= 0.3 is 0 Å². The van der Waals surface area contributed by atoms with Gasteiger partial charge in [0.05, 0.1) is 5.56 Å². The minimum absolute atomic E-state index is 0.573. The molecule has 3 aromatic rings. The van der Waals surface area contributed by atoms with Crippen molar-refractivity contribution in [3.63, 3.8) is 0 Å². The van der Waals surface area contributed by atoms with Gasteiger partial charge in [-0.05, 0) is 17.7 Å². The van der Waals surface area contributed by atoms with Crippen molar-refractivity contribution < 1.29 is 4.74 Å². The molecule has 0 atom stereocenters. The molecule has 1 heterocycles. The lowest BCUT2D eigenvalue weighted by molar-refractivity contribution is 0.307. The Labute approximate surface area is 116 Å². The van der Waals surface area contributed by atoms with Gasteiger partial charge in [0.2, 0.25) is 0 Å². The van der Waals surface area contributed by atoms with Gasteiger partial charge in [-0.1, -0.05) is 42.5 Å². The van der Waals surface area contributed by atoms with Gasteiger partial charge in [0.15, 0.2) is 0 Å². The average molecular weight is 267 g/mol. The number of hydrogen-bond donors (Lipinski definition) is 0. The molecule has 0 spiro atoms. The van der Waals surface area contributed by atoms with Gasteiger partial charge in [0.25, 0.3) is 0 Å². The van der Waals surface area contributed by atoms with E-state index in [4.69, 9.17) is 4.74 Å². The molecule has 3 heteroatoms. The average Bonchev–Trinajstić information content (AvgIpc) is 3.01. The van der Waals surface area contributed by atoms with Crippen molar-refractivity contribution in [1.82, 2.24) is 4.98 Å². The van der Waals surface area contributed by atoms with E-state index in [2.05, 4.69) is 17.1 Å². The highest BCUT2D eigenvalue weighted by Gasteiger charge is 2.07. The summed E-state index contributed by atoms with van der Waals surface area (Å²) in [5.41, 5.74) is 2.21. The summed E-state index contributed by atoms with van der Waals surface area (Å²) in [6.07, 6.45) is 1.81. The first kappa shape index (κ1) is 11.9. The summed E-state index contributed by atoms with van der Waals surface area (Å²) in [4.78, 5) is 4.34. The Bertz CT molecular complexity index is 635. The Morgan fingerprint density at radius 3 is 2.53 bits per heavy atom. The molecule has 3 rings (SSSR count). The molecule has 0 aliphatic carbocycles. The Kier molecular flexibility index (Phi) is 3.56. The molecule has 0 bridgehead atoms. The highest BCUT2D eigenvalue weighted by Crippen LogP contribution is 2.31. The zero-order valence-corrected chi connectivity index (χ0v) is 11.1. The fourth-order valence-corrected chi connectivity index (χ4v) is 2.53. The molecule has 0 fully saturated rings. The van der Waals surface area contributed by atoms with Crippen LogP contribution in [-0.2, 0) is 6.61 Å². The number of thiazole rings is 1. The highest BCUT2D eigenvalue weighted by molar-refractivity contribution is 7.13. The van der Waals surface area contributed by atoms with E-state index in [1.165, 1.54) is 0 Å². The third kappa shape index (κ3) is 2.83. The third-order valence-corrected chi connectivity index (χ3v) is 3.59. The van der Waals surface area contributed by atoms with E-state index in [0.29, 0.717) is 6.61 Å². The van der Waals surface area contributed by atoms with Crippen molar-refractivity contribution in [2.75, 3.05) is 0 Å². The Balaban J connectivity index is 1.82. The van der Waals surface area contributed by atoms with E-state index in [-0.39, 0.29) is 0 Å². The normalized spacial score (nSPS) is 10.3. The van der Waals surface area contributed by atoms with Crippen LogP contribution >= 0.6 is 11.3 Å². The summed E-state index contributed by atoms with van der Waals surface area (Å²) >= 11 is 1.62. The maximum absolute atomic E-state index is 5.91. The largest absolute Gasteiger partial charge is 0.488 e. The molecule has 0 unspecified atom stereocenters. The monoisotopic (exact) mass is 267 g/mol. The molecule has 1 aromatic heterocycles. The number of ether oxygens (including phenoxy) is 1. The number of aromatic nitrogens is 1. The van der Waals surface area contributed by atoms with Crippen LogP contribution in [0.25, 0.3) is 10.6 Å². The van der Waals surface area contributed by atoms with Crippen LogP contribution in [0.1, 0.15) is 5.56 Å². The van der Waals surface area contributed by atoms with Gasteiger partial charge in [-0.2, -0.15) is 0 Å². The molecule has 0 aliphatic rings. The van der Waals surface area contributed by atoms with Crippen molar-refractivity contribution in [2.24, 2.45) is 0 Å². The standard InChI is InChI=1S/C16H13NOS/c1-2-6-13(7-3-1)12-18-15-9-5-4-8-14(15)16-17-10-11-19-16/h1-11H,12H2. The fourth-order valence-electron chi connectivity index (χ4n) is 1.86. The predicted molar refractivity (Wildman–Crippen MR) is 78.3 cm³/mol. The van der Waals surface area contributed by atoms with Crippen LogP contribution in [-0.4, -0.2) is 4.98 Å².